The van der Waals surface area contributed by atoms with Gasteiger partial charge in [-0.05, 0) is 0 Å². The lowest BCUT2D eigenvalue weighted by Gasteiger charge is -2.50. The molecule has 35 unspecified atom stereocenters. The standard InChI is InChI=1S/C46H78N2O36/c1-10(54)47-19-26(61)36(15(6-52)74-40(19)71)81-41-20(48-11(2)55)27(62)37(16(7-53)78-41)82-46-35(70)39(84-45-33(68)30(65)23(58)14(5-51)77-45)25(60)18(80-46)9-73-43-34(69)38(83-44-32(67)29(64)22(57)13(4-50)76-44)24(59)17(79-43)8-72-42-31(66)28(63)21(56)12(3-49)75-42/h12-46,49-53,56-71H,3-9H2,1-2H3,(H,47,54)(H,48,55). The molecule has 7 saturated heterocycles. The van der Waals surface area contributed by atoms with Gasteiger partial charge in [0.05, 0.1) is 46.2 Å². The van der Waals surface area contributed by atoms with Crippen molar-refractivity contribution in [2.45, 2.75) is 229 Å². The summed E-state index contributed by atoms with van der Waals surface area (Å²) < 4.78 is 74.3. The van der Waals surface area contributed by atoms with Crippen molar-refractivity contribution in [1.82, 2.24) is 10.6 Å². The predicted molar refractivity (Wildman–Crippen MR) is 255 cm³/mol. The van der Waals surface area contributed by atoms with Crippen LogP contribution >= 0.6 is 0 Å². The number of aliphatic hydroxyl groups excluding tert-OH is 21. The maximum absolute atomic E-state index is 12.7. The third-order valence-corrected chi connectivity index (χ3v) is 15.3. The maximum Gasteiger partial charge on any atom is 0.217 e. The number of hydrogen-bond acceptors (Lipinski definition) is 36. The lowest BCUT2D eigenvalue weighted by atomic mass is 9.94. The topological polar surface area (TPSA) is 603 Å². The van der Waals surface area contributed by atoms with Crippen LogP contribution in [-0.4, -0.2) is 380 Å². The van der Waals surface area contributed by atoms with E-state index in [1.54, 1.807) is 0 Å². The molecule has 0 aliphatic carbocycles. The van der Waals surface area contributed by atoms with E-state index in [0.717, 1.165) is 13.8 Å². The number of carbonyl (C=O) groups is 2. The van der Waals surface area contributed by atoms with Crippen LogP contribution in [0.5, 0.6) is 0 Å². The number of aliphatic hydroxyl groups is 21. The highest BCUT2D eigenvalue weighted by molar-refractivity contribution is 5.73. The molecule has 35 atom stereocenters. The van der Waals surface area contributed by atoms with Gasteiger partial charge in [-0.15, -0.1) is 0 Å². The molecular weight excluding hydrogens is 1160 g/mol. The van der Waals surface area contributed by atoms with Gasteiger partial charge in [-0.2, -0.15) is 0 Å². The van der Waals surface area contributed by atoms with Crippen molar-refractivity contribution in [3.05, 3.63) is 0 Å². The van der Waals surface area contributed by atoms with Crippen molar-refractivity contribution in [2.24, 2.45) is 0 Å². The van der Waals surface area contributed by atoms with Gasteiger partial charge in [0.15, 0.2) is 44.0 Å². The Bertz CT molecular complexity index is 2060. The van der Waals surface area contributed by atoms with Crippen LogP contribution in [0.4, 0.5) is 0 Å². The smallest absolute Gasteiger partial charge is 0.217 e. The minimum absolute atomic E-state index is 0.738. The van der Waals surface area contributed by atoms with Gasteiger partial charge in [-0.25, -0.2) is 0 Å². The highest BCUT2D eigenvalue weighted by atomic mass is 16.8. The molecule has 7 aliphatic rings. The number of ether oxygens (including phenoxy) is 13. The molecule has 7 aliphatic heterocycles. The van der Waals surface area contributed by atoms with Gasteiger partial charge in [0, 0.05) is 13.8 Å². The third kappa shape index (κ3) is 14.9. The Morgan fingerprint density at radius 1 is 0.310 bits per heavy atom. The summed E-state index contributed by atoms with van der Waals surface area (Å²) in [6.07, 6.45) is -65.1. The van der Waals surface area contributed by atoms with Gasteiger partial charge in [0.1, 0.15) is 171 Å². The van der Waals surface area contributed by atoms with Crippen molar-refractivity contribution in [3.63, 3.8) is 0 Å². The van der Waals surface area contributed by atoms with Gasteiger partial charge in [-0.1, -0.05) is 0 Å². The zero-order chi connectivity index (χ0) is 61.9. The summed E-state index contributed by atoms with van der Waals surface area (Å²) in [6, 6.07) is -3.37. The third-order valence-electron chi connectivity index (χ3n) is 15.3. The summed E-state index contributed by atoms with van der Waals surface area (Å²) in [5, 5.41) is 231. The fourth-order valence-corrected chi connectivity index (χ4v) is 10.6. The summed E-state index contributed by atoms with van der Waals surface area (Å²) in [5.74, 6) is -1.61. The van der Waals surface area contributed by atoms with Gasteiger partial charge in [0.2, 0.25) is 11.8 Å². The first kappa shape index (κ1) is 69.1. The molecule has 2 amide bonds. The highest BCUT2D eigenvalue weighted by Crippen LogP contribution is 2.37. The first-order chi connectivity index (χ1) is 39.7. The molecule has 38 heteroatoms. The van der Waals surface area contributed by atoms with E-state index in [9.17, 15) is 117 Å². The SMILES string of the molecule is CC(=O)NC1C(O)OC(CO)C(OC2OC(CO)C(OC3OC(COC4OC(COC5OC(CO)C(O)C(O)C5O)C(O)C(OC5OC(CO)C(O)C(O)C5O)C4O)C(O)C(OC4OC(CO)C(O)C(O)C4O)C3O)C(O)C2NC(C)=O)C1O. The Labute approximate surface area is 475 Å². The molecule has 84 heavy (non-hydrogen) atoms. The van der Waals surface area contributed by atoms with Gasteiger partial charge >= 0.3 is 0 Å². The Morgan fingerprint density at radius 2 is 0.607 bits per heavy atom. The average Bonchev–Trinajstić information content (AvgIpc) is 1.52. The number of amides is 2. The van der Waals surface area contributed by atoms with E-state index >= 15 is 0 Å². The molecule has 0 aromatic heterocycles. The van der Waals surface area contributed by atoms with Crippen LogP contribution < -0.4 is 10.6 Å². The second kappa shape index (κ2) is 29.9. The molecule has 7 rings (SSSR count). The number of hydrogen-bond donors (Lipinski definition) is 23. The Balaban J connectivity index is 1.17. The van der Waals surface area contributed by atoms with E-state index in [1.165, 1.54) is 0 Å². The number of nitrogens with one attached hydrogen (secondary N) is 2. The molecule has 7 heterocycles. The molecule has 7 fully saturated rings. The first-order valence-electron chi connectivity index (χ1n) is 26.6. The molecule has 38 nitrogen and oxygen atoms in total. The van der Waals surface area contributed by atoms with Crippen molar-refractivity contribution >= 4 is 11.8 Å². The minimum Gasteiger partial charge on any atom is -0.394 e. The molecule has 0 saturated carbocycles. The fourth-order valence-electron chi connectivity index (χ4n) is 10.6. The van der Waals surface area contributed by atoms with Crippen LogP contribution in [0.2, 0.25) is 0 Å². The van der Waals surface area contributed by atoms with Crippen LogP contribution in [-0.2, 0) is 71.2 Å². The normalized spacial score (nSPS) is 50.3. The minimum atomic E-state index is -2.34. The first-order valence-corrected chi connectivity index (χ1v) is 26.6. The van der Waals surface area contributed by atoms with Crippen LogP contribution in [0, 0.1) is 0 Å². The second-order valence-electron chi connectivity index (χ2n) is 21.1. The number of rotatable bonds is 21. The van der Waals surface area contributed by atoms with Crippen molar-refractivity contribution < 1.29 is 178 Å². The van der Waals surface area contributed by atoms with Crippen LogP contribution in [0.1, 0.15) is 13.8 Å². The zero-order valence-electron chi connectivity index (χ0n) is 44.7. The molecule has 0 spiro atoms. The molecule has 0 radical (unpaired) electrons. The van der Waals surface area contributed by atoms with Crippen molar-refractivity contribution in [1.29, 1.82) is 0 Å². The van der Waals surface area contributed by atoms with E-state index < -0.39 is 273 Å². The largest absolute Gasteiger partial charge is 0.394 e. The van der Waals surface area contributed by atoms with E-state index in [-0.39, 0.29) is 0 Å². The van der Waals surface area contributed by atoms with E-state index in [4.69, 9.17) is 61.6 Å². The molecular formula is C46H78N2O36. The maximum atomic E-state index is 12.7. The molecule has 488 valence electrons. The van der Waals surface area contributed by atoms with Crippen LogP contribution in [0.15, 0.2) is 0 Å². The lowest BCUT2D eigenvalue weighted by Crippen LogP contribution is -2.70. The summed E-state index contributed by atoms with van der Waals surface area (Å²) in [5.41, 5.74) is 0. The number of carbonyl (C=O) groups excluding carboxylic acids is 2. The van der Waals surface area contributed by atoms with Gasteiger partial charge < -0.3 is 179 Å². The molecule has 23 N–H and O–H groups in total. The molecule has 0 bridgehead atoms. The molecule has 0 aromatic carbocycles. The summed E-state index contributed by atoms with van der Waals surface area (Å²) >= 11 is 0. The highest BCUT2D eigenvalue weighted by Gasteiger charge is 2.58. The van der Waals surface area contributed by atoms with Gasteiger partial charge in [-0.3, -0.25) is 9.59 Å². The van der Waals surface area contributed by atoms with Crippen LogP contribution in [0.25, 0.3) is 0 Å². The van der Waals surface area contributed by atoms with Crippen molar-refractivity contribution in [2.75, 3.05) is 46.2 Å². The van der Waals surface area contributed by atoms with E-state index in [1.807, 2.05) is 0 Å². The quantitative estimate of drug-likeness (QED) is 0.0507. The summed E-state index contributed by atoms with van der Waals surface area (Å²) in [4.78, 5) is 24.6. The predicted octanol–water partition coefficient (Wildman–Crippen LogP) is -16.0. The summed E-state index contributed by atoms with van der Waals surface area (Å²) in [6.45, 7) is -4.78. The monoisotopic (exact) mass is 1230 g/mol. The average molecular weight is 1240 g/mol. The second-order valence-corrected chi connectivity index (χ2v) is 21.1. The van der Waals surface area contributed by atoms with E-state index in [2.05, 4.69) is 10.6 Å². The zero-order valence-corrected chi connectivity index (χ0v) is 44.7. The van der Waals surface area contributed by atoms with Crippen LogP contribution in [0.3, 0.4) is 0 Å². The lowest BCUT2D eigenvalue weighted by molar-refractivity contribution is -0.387. The Hall–Kier alpha value is -2.42. The molecule has 0 aromatic rings. The van der Waals surface area contributed by atoms with Crippen molar-refractivity contribution in [3.8, 4) is 0 Å². The fraction of sp³-hybridized carbons (Fsp3) is 0.957. The Kier molecular flexibility index (Phi) is 24.6. The Morgan fingerprint density at radius 3 is 1.04 bits per heavy atom. The van der Waals surface area contributed by atoms with E-state index in [0.29, 0.717) is 0 Å². The summed E-state index contributed by atoms with van der Waals surface area (Å²) in [7, 11) is 0. The van der Waals surface area contributed by atoms with Gasteiger partial charge in [0.25, 0.3) is 0 Å².